The van der Waals surface area contributed by atoms with Gasteiger partial charge in [0.15, 0.2) is 0 Å². The van der Waals surface area contributed by atoms with Crippen molar-refractivity contribution in [1.82, 2.24) is 10.2 Å². The fraction of sp³-hybridized carbons (Fsp3) is 0.818. The van der Waals surface area contributed by atoms with Gasteiger partial charge in [-0.15, -0.1) is 0 Å². The van der Waals surface area contributed by atoms with Crippen molar-refractivity contribution in [3.63, 3.8) is 0 Å². The minimum atomic E-state index is -2.72. The van der Waals surface area contributed by atoms with Gasteiger partial charge in [0, 0.05) is 33.0 Å². The van der Waals surface area contributed by atoms with Gasteiger partial charge in [-0.3, -0.25) is 4.79 Å². The number of nitrogens with one attached hydrogen (secondary N) is 1. The van der Waals surface area contributed by atoms with E-state index in [1.807, 2.05) is 0 Å². The normalized spacial score (nSPS) is 19.8. The summed E-state index contributed by atoms with van der Waals surface area (Å²) in [6.07, 6.45) is -1.01. The van der Waals surface area contributed by atoms with Crippen LogP contribution in [0.15, 0.2) is 0 Å². The van der Waals surface area contributed by atoms with Crippen molar-refractivity contribution in [2.75, 3.05) is 26.8 Å². The number of methoxy groups -OCH3 is 1. The van der Waals surface area contributed by atoms with Crippen LogP contribution >= 0.6 is 0 Å². The standard InChI is InChI=1S/C11H18F2N2O4/c1-19-7-8(6-9(16)17)14-10(18)15-4-2-11(12,13)3-5-15/h8H,2-7H2,1H3,(H,14,18)(H,16,17)/t8-/m1/s1. The molecule has 2 amide bonds. The van der Waals surface area contributed by atoms with Gasteiger partial charge >= 0.3 is 12.0 Å². The zero-order valence-electron chi connectivity index (χ0n) is 10.7. The largest absolute Gasteiger partial charge is 0.481 e. The first-order chi connectivity index (χ1) is 8.84. The van der Waals surface area contributed by atoms with Crippen LogP contribution in [0, 0.1) is 0 Å². The van der Waals surface area contributed by atoms with Crippen molar-refractivity contribution in [3.8, 4) is 0 Å². The minimum Gasteiger partial charge on any atom is -0.481 e. The van der Waals surface area contributed by atoms with Gasteiger partial charge in [0.05, 0.1) is 19.1 Å². The van der Waals surface area contributed by atoms with E-state index in [1.54, 1.807) is 0 Å². The smallest absolute Gasteiger partial charge is 0.317 e. The summed E-state index contributed by atoms with van der Waals surface area (Å²) >= 11 is 0. The molecule has 1 heterocycles. The van der Waals surface area contributed by atoms with Crippen molar-refractivity contribution in [2.45, 2.75) is 31.2 Å². The summed E-state index contributed by atoms with van der Waals surface area (Å²) in [5.41, 5.74) is 0. The number of ether oxygens (including phenoxy) is 1. The molecule has 2 N–H and O–H groups in total. The molecular weight excluding hydrogens is 262 g/mol. The summed E-state index contributed by atoms with van der Waals surface area (Å²) < 4.78 is 30.7. The zero-order valence-corrected chi connectivity index (χ0v) is 10.7. The first-order valence-electron chi connectivity index (χ1n) is 5.98. The molecule has 0 bridgehead atoms. The maximum Gasteiger partial charge on any atom is 0.317 e. The SMILES string of the molecule is COC[C@@H](CC(=O)O)NC(=O)N1CCC(F)(F)CC1. The number of carboxylic acid groups (broad SMARTS) is 1. The van der Waals surface area contributed by atoms with E-state index in [9.17, 15) is 18.4 Å². The van der Waals surface area contributed by atoms with E-state index >= 15 is 0 Å². The van der Waals surface area contributed by atoms with Crippen molar-refractivity contribution in [2.24, 2.45) is 0 Å². The van der Waals surface area contributed by atoms with E-state index in [1.165, 1.54) is 12.0 Å². The number of carbonyl (C=O) groups is 2. The van der Waals surface area contributed by atoms with Gasteiger partial charge < -0.3 is 20.1 Å². The molecule has 0 aromatic rings. The average Bonchev–Trinajstić information content (AvgIpc) is 2.28. The summed E-state index contributed by atoms with van der Waals surface area (Å²) in [5, 5.41) is 11.2. The van der Waals surface area contributed by atoms with Crippen molar-refractivity contribution < 1.29 is 28.2 Å². The quantitative estimate of drug-likeness (QED) is 0.785. The van der Waals surface area contributed by atoms with Gasteiger partial charge in [-0.1, -0.05) is 0 Å². The number of hydrogen-bond donors (Lipinski definition) is 2. The maximum atomic E-state index is 12.9. The number of urea groups is 1. The van der Waals surface area contributed by atoms with Gasteiger partial charge in [-0.25, -0.2) is 13.6 Å². The highest BCUT2D eigenvalue weighted by atomic mass is 19.3. The number of piperidine rings is 1. The molecule has 0 unspecified atom stereocenters. The second-order valence-electron chi connectivity index (χ2n) is 4.54. The van der Waals surface area contributed by atoms with Crippen LogP contribution in [-0.4, -0.2) is 60.8 Å². The average molecular weight is 280 g/mol. The number of carboxylic acids is 1. The molecule has 0 aromatic carbocycles. The van der Waals surface area contributed by atoms with Gasteiger partial charge in [0.25, 0.3) is 5.92 Å². The Hall–Kier alpha value is -1.44. The number of hydrogen-bond acceptors (Lipinski definition) is 3. The Morgan fingerprint density at radius 3 is 2.47 bits per heavy atom. The number of amides is 2. The molecule has 1 rings (SSSR count). The first-order valence-corrected chi connectivity index (χ1v) is 5.98. The summed E-state index contributed by atoms with van der Waals surface area (Å²) in [5.74, 6) is -3.78. The lowest BCUT2D eigenvalue weighted by molar-refractivity contribution is -0.137. The van der Waals surface area contributed by atoms with E-state index in [4.69, 9.17) is 9.84 Å². The Labute approximate surface area is 109 Å². The summed E-state index contributed by atoms with van der Waals surface area (Å²) in [6.45, 7) is -0.0146. The second kappa shape index (κ2) is 6.65. The molecular formula is C11H18F2N2O4. The molecule has 110 valence electrons. The molecule has 0 aliphatic carbocycles. The van der Waals surface area contributed by atoms with E-state index < -0.39 is 24.0 Å². The lowest BCUT2D eigenvalue weighted by atomic mass is 10.1. The molecule has 0 saturated carbocycles. The number of nitrogens with zero attached hydrogens (tertiary/aromatic N) is 1. The molecule has 6 nitrogen and oxygen atoms in total. The molecule has 1 fully saturated rings. The van der Waals surface area contributed by atoms with E-state index in [0.717, 1.165) is 0 Å². The summed E-state index contributed by atoms with van der Waals surface area (Å²) in [6, 6.07) is -1.20. The lowest BCUT2D eigenvalue weighted by Crippen LogP contribution is -2.51. The highest BCUT2D eigenvalue weighted by Gasteiger charge is 2.36. The molecule has 0 radical (unpaired) electrons. The van der Waals surface area contributed by atoms with E-state index in [2.05, 4.69) is 5.32 Å². The maximum absolute atomic E-state index is 12.9. The van der Waals surface area contributed by atoms with E-state index in [0.29, 0.717) is 0 Å². The number of carbonyl (C=O) groups excluding carboxylic acids is 1. The summed E-state index contributed by atoms with van der Waals surface area (Å²) in [4.78, 5) is 23.7. The fourth-order valence-corrected chi connectivity index (χ4v) is 1.87. The predicted octanol–water partition coefficient (Wildman–Crippen LogP) is 0.917. The van der Waals surface area contributed by atoms with Crippen LogP contribution in [0.4, 0.5) is 13.6 Å². The number of aliphatic carboxylic acids is 1. The van der Waals surface area contributed by atoms with Crippen LogP contribution in [0.25, 0.3) is 0 Å². The zero-order chi connectivity index (χ0) is 14.5. The van der Waals surface area contributed by atoms with Crippen LogP contribution < -0.4 is 5.32 Å². The third-order valence-corrected chi connectivity index (χ3v) is 2.90. The molecule has 1 atom stereocenters. The van der Waals surface area contributed by atoms with Gasteiger partial charge in [0.2, 0.25) is 0 Å². The molecule has 1 aliphatic heterocycles. The van der Waals surface area contributed by atoms with Crippen molar-refractivity contribution in [1.29, 1.82) is 0 Å². The Balaban J connectivity index is 2.46. The third-order valence-electron chi connectivity index (χ3n) is 2.90. The molecule has 0 aromatic heterocycles. The van der Waals surface area contributed by atoms with Gasteiger partial charge in [-0.05, 0) is 0 Å². The summed E-state index contributed by atoms with van der Waals surface area (Å²) in [7, 11) is 1.39. The highest BCUT2D eigenvalue weighted by molar-refractivity contribution is 5.76. The van der Waals surface area contributed by atoms with Crippen LogP contribution in [0.5, 0.6) is 0 Å². The first kappa shape index (κ1) is 15.6. The van der Waals surface area contributed by atoms with Crippen LogP contribution in [0.2, 0.25) is 0 Å². The second-order valence-corrected chi connectivity index (χ2v) is 4.54. The number of rotatable bonds is 5. The van der Waals surface area contributed by atoms with Crippen LogP contribution in [0.3, 0.4) is 0 Å². The topological polar surface area (TPSA) is 78.9 Å². The molecule has 0 spiro atoms. The van der Waals surface area contributed by atoms with Gasteiger partial charge in [-0.2, -0.15) is 0 Å². The monoisotopic (exact) mass is 280 g/mol. The lowest BCUT2D eigenvalue weighted by Gasteiger charge is -2.32. The number of likely N-dealkylation sites (tertiary alicyclic amines) is 1. The highest BCUT2D eigenvalue weighted by Crippen LogP contribution is 2.27. The fourth-order valence-electron chi connectivity index (χ4n) is 1.87. The molecule has 1 aliphatic rings. The minimum absolute atomic E-state index is 0.0361. The van der Waals surface area contributed by atoms with E-state index in [-0.39, 0.29) is 39.0 Å². The van der Waals surface area contributed by atoms with Crippen molar-refractivity contribution in [3.05, 3.63) is 0 Å². The predicted molar refractivity (Wildman–Crippen MR) is 62.2 cm³/mol. The molecule has 8 heteroatoms. The van der Waals surface area contributed by atoms with Crippen molar-refractivity contribution >= 4 is 12.0 Å². The Kier molecular flexibility index (Phi) is 5.46. The van der Waals surface area contributed by atoms with Gasteiger partial charge in [0.1, 0.15) is 0 Å². The van der Waals surface area contributed by atoms with Crippen LogP contribution in [-0.2, 0) is 9.53 Å². The van der Waals surface area contributed by atoms with Crippen LogP contribution in [0.1, 0.15) is 19.3 Å². The Morgan fingerprint density at radius 2 is 2.00 bits per heavy atom. The Bertz CT molecular complexity index is 329. The molecule has 19 heavy (non-hydrogen) atoms. The molecule has 1 saturated heterocycles. The number of alkyl halides is 2. The number of halogens is 2. The Morgan fingerprint density at radius 1 is 1.42 bits per heavy atom. The third kappa shape index (κ3) is 5.37.